The Morgan fingerprint density at radius 1 is 1.16 bits per heavy atom. The number of piperazine rings is 1. The van der Waals surface area contributed by atoms with Crippen LogP contribution in [0, 0.1) is 5.82 Å². The number of pyridine rings is 1. The summed E-state index contributed by atoms with van der Waals surface area (Å²) in [5.41, 5.74) is 3.85. The fraction of sp³-hybridized carbons (Fsp3) is 0.360. The molecule has 0 bridgehead atoms. The van der Waals surface area contributed by atoms with Gasteiger partial charge in [-0.1, -0.05) is 30.7 Å². The fourth-order valence-electron chi connectivity index (χ4n) is 4.31. The van der Waals surface area contributed by atoms with Crippen LogP contribution in [0.2, 0.25) is 0 Å². The minimum absolute atomic E-state index is 0.0443. The summed E-state index contributed by atoms with van der Waals surface area (Å²) in [5, 5.41) is 3.93. The number of hydrogen-bond donors (Lipinski definition) is 1. The molecule has 0 saturated carbocycles. The van der Waals surface area contributed by atoms with E-state index in [0.717, 1.165) is 61.3 Å². The molecule has 1 N–H and O–H groups in total. The first-order valence-electron chi connectivity index (χ1n) is 10.9. The Hall–Kier alpha value is -2.99. The fourth-order valence-corrected chi connectivity index (χ4v) is 4.31. The monoisotopic (exact) mass is 420 g/mol. The highest BCUT2D eigenvalue weighted by molar-refractivity contribution is 5.91. The second kappa shape index (κ2) is 9.43. The third-order valence-electron chi connectivity index (χ3n) is 6.04. The molecule has 2 aromatic rings. The van der Waals surface area contributed by atoms with Crippen LogP contribution in [0.1, 0.15) is 26.7 Å². The third kappa shape index (κ3) is 4.85. The molecule has 1 saturated heterocycles. The SMILES string of the molecule is CCC(C(=O)NC1=CCC=C(C)C=C1)N1CCN(c2ccnc3ccc(F)cc23)CC1. The summed E-state index contributed by atoms with van der Waals surface area (Å²) in [6.07, 6.45) is 11.5. The third-order valence-corrected chi connectivity index (χ3v) is 6.04. The van der Waals surface area contributed by atoms with Crippen molar-refractivity contribution in [1.82, 2.24) is 15.2 Å². The number of amides is 1. The van der Waals surface area contributed by atoms with E-state index in [2.05, 4.69) is 40.0 Å². The lowest BCUT2D eigenvalue weighted by molar-refractivity contribution is -0.125. The Bertz CT molecular complexity index is 1050. The second-order valence-electron chi connectivity index (χ2n) is 8.10. The summed E-state index contributed by atoms with van der Waals surface area (Å²) in [7, 11) is 0. The van der Waals surface area contributed by atoms with Gasteiger partial charge in [0.15, 0.2) is 0 Å². The van der Waals surface area contributed by atoms with Crippen molar-refractivity contribution in [2.45, 2.75) is 32.7 Å². The average Bonchev–Trinajstić information content (AvgIpc) is 2.98. The quantitative estimate of drug-likeness (QED) is 0.788. The topological polar surface area (TPSA) is 48.5 Å². The van der Waals surface area contributed by atoms with Crippen LogP contribution >= 0.6 is 0 Å². The minimum atomic E-state index is -0.254. The van der Waals surface area contributed by atoms with Gasteiger partial charge in [0.1, 0.15) is 5.82 Å². The first kappa shape index (κ1) is 21.2. The highest BCUT2D eigenvalue weighted by Gasteiger charge is 2.28. The normalized spacial score (nSPS) is 18.4. The van der Waals surface area contributed by atoms with E-state index in [0.29, 0.717) is 0 Å². The molecule has 0 radical (unpaired) electrons. The lowest BCUT2D eigenvalue weighted by Gasteiger charge is -2.39. The van der Waals surface area contributed by atoms with Crippen molar-refractivity contribution in [2.75, 3.05) is 31.1 Å². The van der Waals surface area contributed by atoms with E-state index in [4.69, 9.17) is 0 Å². The molecule has 0 spiro atoms. The van der Waals surface area contributed by atoms with Gasteiger partial charge < -0.3 is 10.2 Å². The molecule has 2 heterocycles. The molecular formula is C25H29FN4O. The number of aromatic nitrogens is 1. The lowest BCUT2D eigenvalue weighted by atomic mass is 10.1. The number of allylic oxidation sites excluding steroid dienone is 5. The van der Waals surface area contributed by atoms with Gasteiger partial charge >= 0.3 is 0 Å². The van der Waals surface area contributed by atoms with E-state index in [-0.39, 0.29) is 17.8 Å². The van der Waals surface area contributed by atoms with E-state index >= 15 is 0 Å². The van der Waals surface area contributed by atoms with Crippen LogP contribution in [-0.4, -0.2) is 48.0 Å². The van der Waals surface area contributed by atoms with E-state index in [1.165, 1.54) is 11.6 Å². The minimum Gasteiger partial charge on any atom is -0.368 e. The molecule has 2 aliphatic rings. The molecular weight excluding hydrogens is 391 g/mol. The van der Waals surface area contributed by atoms with Crippen LogP contribution in [0.15, 0.2) is 66.0 Å². The zero-order chi connectivity index (χ0) is 21.8. The van der Waals surface area contributed by atoms with E-state index < -0.39 is 0 Å². The zero-order valence-electron chi connectivity index (χ0n) is 18.1. The highest BCUT2D eigenvalue weighted by Crippen LogP contribution is 2.27. The Labute approximate surface area is 182 Å². The standard InChI is InChI=1S/C25H29FN4O/c1-3-23(25(31)28-20-6-4-5-18(2)7-9-20)29-13-15-30(16-14-29)24-11-12-27-22-10-8-19(26)17-21(22)24/h5-12,17,23H,3-4,13-16H2,1-2H3,(H,28,31). The van der Waals surface area contributed by atoms with Crippen molar-refractivity contribution in [3.63, 3.8) is 0 Å². The molecule has 5 nitrogen and oxygen atoms in total. The van der Waals surface area contributed by atoms with E-state index in [9.17, 15) is 9.18 Å². The average molecular weight is 421 g/mol. The molecule has 1 aromatic carbocycles. The first-order chi connectivity index (χ1) is 15.0. The molecule has 6 heteroatoms. The van der Waals surface area contributed by atoms with Crippen molar-refractivity contribution in [1.29, 1.82) is 0 Å². The summed E-state index contributed by atoms with van der Waals surface area (Å²) < 4.78 is 13.8. The van der Waals surface area contributed by atoms with Crippen molar-refractivity contribution in [3.05, 3.63) is 71.9 Å². The molecule has 31 heavy (non-hydrogen) atoms. The molecule has 4 rings (SSSR count). The van der Waals surface area contributed by atoms with Crippen LogP contribution in [0.3, 0.4) is 0 Å². The maximum Gasteiger partial charge on any atom is 0.241 e. The van der Waals surface area contributed by atoms with E-state index in [1.807, 2.05) is 24.3 Å². The molecule has 1 amide bonds. The predicted molar refractivity (Wildman–Crippen MR) is 123 cm³/mol. The van der Waals surface area contributed by atoms with Gasteiger partial charge in [-0.15, -0.1) is 0 Å². The van der Waals surface area contributed by atoms with Crippen LogP contribution in [-0.2, 0) is 4.79 Å². The summed E-state index contributed by atoms with van der Waals surface area (Å²) in [5.74, 6) is -0.210. The molecule has 1 aliphatic carbocycles. The van der Waals surface area contributed by atoms with Gasteiger partial charge in [0.25, 0.3) is 0 Å². The molecule has 1 fully saturated rings. The molecule has 1 atom stereocenters. The van der Waals surface area contributed by atoms with Crippen LogP contribution in [0.4, 0.5) is 10.1 Å². The number of hydrogen-bond acceptors (Lipinski definition) is 4. The Morgan fingerprint density at radius 3 is 2.74 bits per heavy atom. The van der Waals surface area contributed by atoms with Gasteiger partial charge in [-0.25, -0.2) is 4.39 Å². The van der Waals surface area contributed by atoms with Gasteiger partial charge in [0, 0.05) is 49.1 Å². The van der Waals surface area contributed by atoms with Gasteiger partial charge in [-0.2, -0.15) is 0 Å². The zero-order valence-corrected chi connectivity index (χ0v) is 18.1. The molecule has 1 aliphatic heterocycles. The largest absolute Gasteiger partial charge is 0.368 e. The second-order valence-corrected chi connectivity index (χ2v) is 8.10. The summed E-state index contributed by atoms with van der Waals surface area (Å²) in [6.45, 7) is 7.24. The molecule has 162 valence electrons. The number of fused-ring (bicyclic) bond motifs is 1. The number of carbonyl (C=O) groups excluding carboxylic acids is 1. The number of rotatable bonds is 5. The van der Waals surface area contributed by atoms with Crippen molar-refractivity contribution in [3.8, 4) is 0 Å². The Morgan fingerprint density at radius 2 is 1.97 bits per heavy atom. The smallest absolute Gasteiger partial charge is 0.241 e. The van der Waals surface area contributed by atoms with Crippen molar-refractivity contribution in [2.24, 2.45) is 0 Å². The predicted octanol–water partition coefficient (Wildman–Crippen LogP) is 4.18. The van der Waals surface area contributed by atoms with Crippen LogP contribution in [0.25, 0.3) is 10.9 Å². The van der Waals surface area contributed by atoms with Gasteiger partial charge in [0.05, 0.1) is 11.6 Å². The number of anilines is 1. The van der Waals surface area contributed by atoms with E-state index in [1.54, 1.807) is 18.3 Å². The number of benzene rings is 1. The highest BCUT2D eigenvalue weighted by atomic mass is 19.1. The Kier molecular flexibility index (Phi) is 6.47. The van der Waals surface area contributed by atoms with Crippen molar-refractivity contribution < 1.29 is 9.18 Å². The Balaban J connectivity index is 1.42. The summed E-state index contributed by atoms with van der Waals surface area (Å²) in [4.78, 5) is 21.9. The summed E-state index contributed by atoms with van der Waals surface area (Å²) in [6, 6.07) is 6.49. The lowest BCUT2D eigenvalue weighted by Crippen LogP contribution is -2.54. The molecule has 1 aromatic heterocycles. The van der Waals surface area contributed by atoms with Gasteiger partial charge in [0.2, 0.25) is 5.91 Å². The first-order valence-corrected chi connectivity index (χ1v) is 10.9. The molecule has 1 unspecified atom stereocenters. The number of nitrogens with zero attached hydrogens (tertiary/aromatic N) is 3. The maximum atomic E-state index is 13.8. The number of nitrogens with one attached hydrogen (secondary N) is 1. The maximum absolute atomic E-state index is 13.8. The van der Waals surface area contributed by atoms with Gasteiger partial charge in [-0.05, 0) is 50.1 Å². The summed E-state index contributed by atoms with van der Waals surface area (Å²) >= 11 is 0. The van der Waals surface area contributed by atoms with Crippen LogP contribution < -0.4 is 10.2 Å². The number of halogens is 1. The van der Waals surface area contributed by atoms with Crippen LogP contribution in [0.5, 0.6) is 0 Å². The number of carbonyl (C=O) groups is 1. The van der Waals surface area contributed by atoms with Crippen molar-refractivity contribution >= 4 is 22.5 Å². The van der Waals surface area contributed by atoms with Gasteiger partial charge in [-0.3, -0.25) is 14.7 Å².